The van der Waals surface area contributed by atoms with E-state index in [9.17, 15) is 14.4 Å². The van der Waals surface area contributed by atoms with Crippen molar-refractivity contribution in [3.63, 3.8) is 0 Å². The van der Waals surface area contributed by atoms with Crippen LogP contribution in [0.4, 0.5) is 0 Å². The van der Waals surface area contributed by atoms with Crippen LogP contribution in [0.1, 0.15) is 29.4 Å². The van der Waals surface area contributed by atoms with E-state index in [-0.39, 0.29) is 0 Å². The first-order chi connectivity index (χ1) is 8.85. The van der Waals surface area contributed by atoms with Crippen LogP contribution in [0.15, 0.2) is 6.20 Å². The number of carbonyl (C=O) groups excluding carboxylic acids is 2. The van der Waals surface area contributed by atoms with Crippen LogP contribution in [0, 0.1) is 0 Å². The van der Waals surface area contributed by atoms with E-state index in [1.54, 1.807) is 7.05 Å². The summed E-state index contributed by atoms with van der Waals surface area (Å²) < 4.78 is 1.47. The zero-order valence-corrected chi connectivity index (χ0v) is 10.7. The quantitative estimate of drug-likeness (QED) is 0.612. The minimum atomic E-state index is -1.34. The van der Waals surface area contributed by atoms with Gasteiger partial charge in [-0.2, -0.15) is 5.10 Å². The lowest BCUT2D eigenvalue weighted by Crippen LogP contribution is -2.43. The molecule has 0 bridgehead atoms. The first-order valence-corrected chi connectivity index (χ1v) is 5.69. The van der Waals surface area contributed by atoms with Crippen LogP contribution in [0.25, 0.3) is 0 Å². The Labute approximate surface area is 109 Å². The van der Waals surface area contributed by atoms with E-state index in [1.807, 2.05) is 6.92 Å². The molecular weight excluding hydrogens is 252 g/mol. The van der Waals surface area contributed by atoms with Gasteiger partial charge in [0.1, 0.15) is 6.04 Å². The number of carboxylic acids is 1. The number of nitrogens with two attached hydrogens (primary N) is 1. The molecule has 0 aliphatic heterocycles. The summed E-state index contributed by atoms with van der Waals surface area (Å²) in [5.41, 5.74) is 5.79. The normalized spacial score (nSPS) is 11.9. The highest BCUT2D eigenvalue weighted by molar-refractivity contribution is 5.98. The molecule has 0 aliphatic rings. The Hall–Kier alpha value is -2.38. The molecule has 0 unspecified atom stereocenters. The molecule has 1 atom stereocenters. The van der Waals surface area contributed by atoms with E-state index in [0.29, 0.717) is 17.7 Å². The summed E-state index contributed by atoms with van der Waals surface area (Å²) in [6.07, 6.45) is 1.58. The van der Waals surface area contributed by atoms with Gasteiger partial charge in [-0.25, -0.2) is 4.79 Å². The number of aliphatic carboxylic acids is 1. The number of aryl methyl sites for hydroxylation is 2. The molecule has 1 aromatic rings. The summed E-state index contributed by atoms with van der Waals surface area (Å²) in [4.78, 5) is 33.6. The molecule has 0 aliphatic carbocycles. The fourth-order valence-electron chi connectivity index (χ4n) is 1.62. The minimum Gasteiger partial charge on any atom is -0.480 e. The van der Waals surface area contributed by atoms with Gasteiger partial charge in [0.15, 0.2) is 0 Å². The number of rotatable bonds is 6. The van der Waals surface area contributed by atoms with Gasteiger partial charge in [-0.1, -0.05) is 6.92 Å². The number of nitrogens with one attached hydrogen (secondary N) is 1. The third-order valence-electron chi connectivity index (χ3n) is 2.49. The van der Waals surface area contributed by atoms with Crippen LogP contribution >= 0.6 is 0 Å². The Morgan fingerprint density at radius 2 is 2.16 bits per heavy atom. The van der Waals surface area contributed by atoms with Crippen LogP contribution in [0.3, 0.4) is 0 Å². The third-order valence-corrected chi connectivity index (χ3v) is 2.49. The molecule has 0 saturated carbocycles. The fourth-order valence-corrected chi connectivity index (χ4v) is 1.62. The number of primary amides is 1. The Bertz CT molecular complexity index is 509. The van der Waals surface area contributed by atoms with Crippen LogP contribution in [-0.2, 0) is 23.1 Å². The largest absolute Gasteiger partial charge is 0.480 e. The van der Waals surface area contributed by atoms with Crippen molar-refractivity contribution < 1.29 is 19.5 Å². The molecule has 8 nitrogen and oxygen atoms in total. The number of hydrogen-bond donors (Lipinski definition) is 3. The molecule has 1 heterocycles. The second kappa shape index (κ2) is 5.98. The van der Waals surface area contributed by atoms with Crippen LogP contribution in [-0.4, -0.2) is 38.7 Å². The van der Waals surface area contributed by atoms with Gasteiger partial charge in [-0.15, -0.1) is 0 Å². The summed E-state index contributed by atoms with van der Waals surface area (Å²) in [5, 5.41) is 15.2. The molecule has 0 fully saturated rings. The van der Waals surface area contributed by atoms with Crippen LogP contribution in [0.5, 0.6) is 0 Å². The summed E-state index contributed by atoms with van der Waals surface area (Å²) in [6, 6.07) is -1.34. The van der Waals surface area contributed by atoms with Crippen LogP contribution in [0.2, 0.25) is 0 Å². The summed E-state index contributed by atoms with van der Waals surface area (Å²) in [5.74, 6) is -2.69. The van der Waals surface area contributed by atoms with Crippen molar-refractivity contribution in [3.05, 3.63) is 17.5 Å². The molecule has 0 spiro atoms. The standard InChI is InChI=1S/C11H16N4O4/c1-3-7-6(5-15(2)14-7)10(17)13-8(11(18)19)4-9(12)16/h5,8H,3-4H2,1-2H3,(H2,12,16)(H,13,17)(H,18,19)/t8-/m1/s1. The van der Waals surface area contributed by atoms with E-state index in [1.165, 1.54) is 10.9 Å². The third kappa shape index (κ3) is 3.80. The minimum absolute atomic E-state index is 0.292. The number of amides is 2. The number of carboxylic acid groups (broad SMARTS) is 1. The lowest BCUT2D eigenvalue weighted by atomic mass is 10.1. The summed E-state index contributed by atoms with van der Waals surface area (Å²) >= 11 is 0. The number of aromatic nitrogens is 2. The van der Waals surface area contributed by atoms with Crippen molar-refractivity contribution in [3.8, 4) is 0 Å². The number of hydrogen-bond acceptors (Lipinski definition) is 4. The molecule has 0 radical (unpaired) electrons. The Balaban J connectivity index is 2.87. The lowest BCUT2D eigenvalue weighted by molar-refractivity contribution is -0.140. The molecule has 4 N–H and O–H groups in total. The lowest BCUT2D eigenvalue weighted by Gasteiger charge is -2.12. The van der Waals surface area contributed by atoms with Gasteiger partial charge >= 0.3 is 5.97 Å². The van der Waals surface area contributed by atoms with Crippen molar-refractivity contribution >= 4 is 17.8 Å². The highest BCUT2D eigenvalue weighted by atomic mass is 16.4. The van der Waals surface area contributed by atoms with E-state index in [2.05, 4.69) is 10.4 Å². The Kier molecular flexibility index (Phi) is 4.62. The molecule has 0 aromatic carbocycles. The van der Waals surface area contributed by atoms with Crippen molar-refractivity contribution in [2.75, 3.05) is 0 Å². The Morgan fingerprint density at radius 3 is 2.63 bits per heavy atom. The van der Waals surface area contributed by atoms with E-state index in [4.69, 9.17) is 10.8 Å². The average molecular weight is 268 g/mol. The van der Waals surface area contributed by atoms with Gasteiger partial charge in [-0.3, -0.25) is 14.3 Å². The summed E-state index contributed by atoms with van der Waals surface area (Å²) in [6.45, 7) is 1.83. The topological polar surface area (TPSA) is 127 Å². The molecule has 1 aromatic heterocycles. The smallest absolute Gasteiger partial charge is 0.326 e. The predicted molar refractivity (Wildman–Crippen MR) is 65.3 cm³/mol. The maximum Gasteiger partial charge on any atom is 0.326 e. The maximum absolute atomic E-state index is 12.0. The van der Waals surface area contributed by atoms with Crippen molar-refractivity contribution in [2.45, 2.75) is 25.8 Å². The predicted octanol–water partition coefficient (Wildman–Crippen LogP) is -0.959. The molecule has 1 rings (SSSR count). The van der Waals surface area contributed by atoms with Gasteiger partial charge in [0.25, 0.3) is 5.91 Å². The van der Waals surface area contributed by atoms with Gasteiger partial charge < -0.3 is 16.2 Å². The number of nitrogens with zero attached hydrogens (tertiary/aromatic N) is 2. The van der Waals surface area contributed by atoms with Gasteiger partial charge in [0.2, 0.25) is 5.91 Å². The second-order valence-electron chi connectivity index (χ2n) is 4.05. The SMILES string of the molecule is CCc1nn(C)cc1C(=O)N[C@H](CC(N)=O)C(=O)O. The molecule has 0 saturated heterocycles. The zero-order chi connectivity index (χ0) is 14.6. The van der Waals surface area contributed by atoms with Gasteiger partial charge in [0.05, 0.1) is 17.7 Å². The molecule has 8 heteroatoms. The fraction of sp³-hybridized carbons (Fsp3) is 0.455. The second-order valence-corrected chi connectivity index (χ2v) is 4.05. The van der Waals surface area contributed by atoms with Gasteiger partial charge in [0, 0.05) is 13.2 Å². The monoisotopic (exact) mass is 268 g/mol. The van der Waals surface area contributed by atoms with Crippen LogP contribution < -0.4 is 11.1 Å². The van der Waals surface area contributed by atoms with E-state index in [0.717, 1.165) is 0 Å². The van der Waals surface area contributed by atoms with E-state index < -0.39 is 30.2 Å². The van der Waals surface area contributed by atoms with E-state index >= 15 is 0 Å². The first kappa shape index (κ1) is 14.7. The number of carbonyl (C=O) groups is 3. The molecule has 2 amide bonds. The van der Waals surface area contributed by atoms with Crippen molar-refractivity contribution in [2.24, 2.45) is 12.8 Å². The summed E-state index contributed by atoms with van der Waals surface area (Å²) in [7, 11) is 1.66. The van der Waals surface area contributed by atoms with Crippen molar-refractivity contribution in [1.82, 2.24) is 15.1 Å². The highest BCUT2D eigenvalue weighted by Crippen LogP contribution is 2.08. The average Bonchev–Trinajstić information content (AvgIpc) is 2.68. The van der Waals surface area contributed by atoms with Gasteiger partial charge in [-0.05, 0) is 6.42 Å². The zero-order valence-electron chi connectivity index (χ0n) is 10.7. The highest BCUT2D eigenvalue weighted by Gasteiger charge is 2.24. The molecule has 104 valence electrons. The molecular formula is C11H16N4O4. The Morgan fingerprint density at radius 1 is 1.53 bits per heavy atom. The maximum atomic E-state index is 12.0. The first-order valence-electron chi connectivity index (χ1n) is 5.69. The molecule has 19 heavy (non-hydrogen) atoms. The van der Waals surface area contributed by atoms with Crippen molar-refractivity contribution in [1.29, 1.82) is 0 Å².